The summed E-state index contributed by atoms with van der Waals surface area (Å²) >= 11 is 0. The summed E-state index contributed by atoms with van der Waals surface area (Å²) in [7, 11) is 0. The van der Waals surface area contributed by atoms with E-state index in [0.29, 0.717) is 0 Å². The zero-order chi connectivity index (χ0) is 17.1. The molecule has 124 valence electrons. The van der Waals surface area contributed by atoms with Crippen LogP contribution in [0.1, 0.15) is 5.56 Å². The van der Waals surface area contributed by atoms with Crippen LogP contribution in [0.2, 0.25) is 0 Å². The van der Waals surface area contributed by atoms with Crippen molar-refractivity contribution in [3.05, 3.63) is 58.2 Å². The molecule has 1 aromatic carbocycles. The third-order valence-corrected chi connectivity index (χ3v) is 5.04. The number of fused-ring (bicyclic) bond motifs is 5. The summed E-state index contributed by atoms with van der Waals surface area (Å²) < 4.78 is 5.44. The molecular formula is C16H14N2O6. The highest BCUT2D eigenvalue weighted by Gasteiger charge is 2.79. The van der Waals surface area contributed by atoms with Crippen molar-refractivity contribution < 1.29 is 24.4 Å². The van der Waals surface area contributed by atoms with Gasteiger partial charge in [0, 0.05) is 6.08 Å². The van der Waals surface area contributed by atoms with Crippen molar-refractivity contribution >= 4 is 11.8 Å². The van der Waals surface area contributed by atoms with Gasteiger partial charge in [-0.1, -0.05) is 30.3 Å². The molecule has 2 saturated heterocycles. The predicted octanol–water partition coefficient (Wildman–Crippen LogP) is 0.0919. The molecule has 0 unspecified atom stereocenters. The Labute approximate surface area is 136 Å². The highest BCUT2D eigenvalue weighted by atomic mass is 16.7. The van der Waals surface area contributed by atoms with Gasteiger partial charge in [0.1, 0.15) is 5.60 Å². The normalized spacial score (nSPS) is 36.5. The van der Waals surface area contributed by atoms with Crippen LogP contribution in [0.4, 0.5) is 0 Å². The number of rotatable bonds is 4. The van der Waals surface area contributed by atoms with Crippen LogP contribution in [-0.4, -0.2) is 44.7 Å². The van der Waals surface area contributed by atoms with E-state index in [0.717, 1.165) is 10.5 Å². The third kappa shape index (κ3) is 1.64. The topological polar surface area (TPSA) is 110 Å². The van der Waals surface area contributed by atoms with Gasteiger partial charge in [0.25, 0.3) is 0 Å². The van der Waals surface area contributed by atoms with Gasteiger partial charge in [-0.2, -0.15) is 0 Å². The van der Waals surface area contributed by atoms with Crippen LogP contribution in [0.3, 0.4) is 0 Å². The zero-order valence-corrected chi connectivity index (χ0v) is 12.5. The van der Waals surface area contributed by atoms with Crippen molar-refractivity contribution in [3.8, 4) is 0 Å². The van der Waals surface area contributed by atoms with E-state index in [2.05, 4.69) is 0 Å². The molecule has 8 nitrogen and oxygen atoms in total. The largest absolute Gasteiger partial charge is 0.393 e. The quantitative estimate of drug-likeness (QED) is 0.363. The lowest BCUT2D eigenvalue weighted by Gasteiger charge is -2.25. The maximum absolute atomic E-state index is 12.8. The molecule has 2 bridgehead atoms. The number of carbonyl (C=O) groups excluding carboxylic acids is 2. The molecule has 0 radical (unpaired) electrons. The molecule has 1 N–H and O–H groups in total. The van der Waals surface area contributed by atoms with E-state index in [1.807, 2.05) is 6.07 Å². The summed E-state index contributed by atoms with van der Waals surface area (Å²) in [5, 5.41) is 21.3. The van der Waals surface area contributed by atoms with E-state index in [-0.39, 0.29) is 6.54 Å². The summed E-state index contributed by atoms with van der Waals surface area (Å²) in [6, 6.07) is 8.91. The van der Waals surface area contributed by atoms with Crippen LogP contribution >= 0.6 is 0 Å². The highest BCUT2D eigenvalue weighted by molar-refractivity contribution is 6.07. The smallest absolute Gasteiger partial charge is 0.358 e. The lowest BCUT2D eigenvalue weighted by molar-refractivity contribution is -0.613. The Morgan fingerprint density at radius 2 is 1.83 bits per heavy atom. The van der Waals surface area contributed by atoms with Crippen LogP contribution in [0.15, 0.2) is 42.5 Å². The molecule has 3 aliphatic rings. The van der Waals surface area contributed by atoms with Crippen molar-refractivity contribution in [3.63, 3.8) is 0 Å². The molecule has 24 heavy (non-hydrogen) atoms. The average Bonchev–Trinajstić information content (AvgIpc) is 3.20. The lowest BCUT2D eigenvalue weighted by atomic mass is 9.75. The molecule has 2 fully saturated rings. The number of hydrogen-bond donors (Lipinski definition) is 1. The molecule has 0 aromatic heterocycles. The minimum atomic E-state index is -2.08. The molecular weight excluding hydrogens is 316 g/mol. The van der Waals surface area contributed by atoms with Gasteiger partial charge in [0.2, 0.25) is 11.8 Å². The fraction of sp³-hybridized carbons (Fsp3) is 0.375. The number of carbonyl (C=O) groups is 2. The van der Waals surface area contributed by atoms with Gasteiger partial charge in [-0.05, 0) is 11.6 Å². The predicted molar refractivity (Wildman–Crippen MR) is 78.7 cm³/mol. The monoisotopic (exact) mass is 330 g/mol. The van der Waals surface area contributed by atoms with Gasteiger partial charge in [0.15, 0.2) is 5.92 Å². The fourth-order valence-corrected chi connectivity index (χ4v) is 3.92. The van der Waals surface area contributed by atoms with Crippen LogP contribution in [0.5, 0.6) is 0 Å². The van der Waals surface area contributed by atoms with Gasteiger partial charge in [-0.25, -0.2) is 0 Å². The van der Waals surface area contributed by atoms with Crippen molar-refractivity contribution in [2.45, 2.75) is 17.9 Å². The van der Waals surface area contributed by atoms with Crippen molar-refractivity contribution in [1.82, 2.24) is 4.90 Å². The van der Waals surface area contributed by atoms with Crippen LogP contribution in [-0.2, 0) is 20.9 Å². The maximum atomic E-state index is 12.8. The average molecular weight is 330 g/mol. The first-order chi connectivity index (χ1) is 11.4. The number of aliphatic hydroxyl groups is 1. The molecule has 8 heteroatoms. The van der Waals surface area contributed by atoms with Crippen LogP contribution in [0.25, 0.3) is 0 Å². The van der Waals surface area contributed by atoms with E-state index >= 15 is 0 Å². The molecule has 3 aliphatic heterocycles. The van der Waals surface area contributed by atoms with Crippen LogP contribution < -0.4 is 0 Å². The maximum Gasteiger partial charge on any atom is 0.358 e. The summed E-state index contributed by atoms with van der Waals surface area (Å²) in [4.78, 5) is 37.4. The second-order valence-electron chi connectivity index (χ2n) is 6.26. The Balaban J connectivity index is 1.75. The summed E-state index contributed by atoms with van der Waals surface area (Å²) in [5.74, 6) is -3.50. The number of nitrogens with zero attached hydrogens (tertiary/aromatic N) is 2. The molecule has 0 spiro atoms. The fourth-order valence-electron chi connectivity index (χ4n) is 3.92. The van der Waals surface area contributed by atoms with Gasteiger partial charge in [-0.15, -0.1) is 0 Å². The first-order valence-electron chi connectivity index (χ1n) is 7.50. The van der Waals surface area contributed by atoms with E-state index in [4.69, 9.17) is 4.74 Å². The number of aliphatic hydroxyl groups excluding tert-OH is 1. The van der Waals surface area contributed by atoms with E-state index in [1.165, 1.54) is 12.2 Å². The van der Waals surface area contributed by atoms with Crippen molar-refractivity contribution in [1.29, 1.82) is 0 Å². The van der Waals surface area contributed by atoms with E-state index in [9.17, 15) is 24.8 Å². The Bertz CT molecular complexity index is 778. The van der Waals surface area contributed by atoms with Gasteiger partial charge < -0.3 is 5.11 Å². The molecule has 3 heterocycles. The van der Waals surface area contributed by atoms with Gasteiger partial charge in [0.05, 0.1) is 24.0 Å². The second kappa shape index (κ2) is 4.71. The molecule has 4 atom stereocenters. The van der Waals surface area contributed by atoms with Crippen LogP contribution in [0, 0.1) is 22.0 Å². The minimum Gasteiger partial charge on any atom is -0.393 e. The summed E-state index contributed by atoms with van der Waals surface area (Å²) in [5.41, 5.74) is -2.84. The van der Waals surface area contributed by atoms with Crippen molar-refractivity contribution in [2.75, 3.05) is 6.61 Å². The number of imide groups is 1. The van der Waals surface area contributed by atoms with Gasteiger partial charge in [-0.3, -0.25) is 29.3 Å². The SMILES string of the molecule is O=C1[C@@H]2[C@H](C(=O)N1Cc1ccccc1)[C@@]1(CO)C=C[C@]2([N+](=O)[O-])O1. The molecule has 0 aliphatic carbocycles. The van der Waals surface area contributed by atoms with Crippen molar-refractivity contribution in [2.24, 2.45) is 11.8 Å². The Morgan fingerprint density at radius 3 is 2.46 bits per heavy atom. The summed E-state index contributed by atoms with van der Waals surface area (Å²) in [6.45, 7) is -0.556. The number of ether oxygens (including phenoxy) is 1. The molecule has 2 amide bonds. The number of hydrogen-bond acceptors (Lipinski definition) is 6. The molecule has 4 rings (SSSR count). The number of likely N-dealkylation sites (tertiary alicyclic amines) is 1. The third-order valence-electron chi connectivity index (χ3n) is 5.04. The molecule has 0 saturated carbocycles. The molecule has 1 aromatic rings. The lowest BCUT2D eigenvalue weighted by Crippen LogP contribution is -2.46. The second-order valence-corrected chi connectivity index (χ2v) is 6.26. The number of benzene rings is 1. The number of amides is 2. The summed E-state index contributed by atoms with van der Waals surface area (Å²) in [6.07, 6.45) is 2.52. The highest BCUT2D eigenvalue weighted by Crippen LogP contribution is 2.57. The Morgan fingerprint density at radius 1 is 1.17 bits per heavy atom. The van der Waals surface area contributed by atoms with E-state index < -0.39 is 46.5 Å². The first kappa shape index (κ1) is 15.0. The Kier molecular flexibility index (Phi) is 2.94. The first-order valence-corrected chi connectivity index (χ1v) is 7.50. The van der Waals surface area contributed by atoms with Gasteiger partial charge >= 0.3 is 5.72 Å². The van der Waals surface area contributed by atoms with E-state index in [1.54, 1.807) is 24.3 Å². The minimum absolute atomic E-state index is 0.0425. The zero-order valence-electron chi connectivity index (χ0n) is 12.5. The number of nitro groups is 1. The Hall–Kier alpha value is -2.58. The standard InChI is InChI=1S/C16H14N2O6/c19-9-15-6-7-16(24-15,18(22)23)12-11(15)13(20)17(14(12)21)8-10-4-2-1-3-5-10/h1-7,11-12,19H,8-9H2/t11-,12+,15+,16+/m1/s1.